The van der Waals surface area contributed by atoms with Crippen molar-refractivity contribution in [3.63, 3.8) is 0 Å². The lowest BCUT2D eigenvalue weighted by Gasteiger charge is -2.30. The van der Waals surface area contributed by atoms with E-state index in [4.69, 9.17) is 14.2 Å². The molecule has 8 nitrogen and oxygen atoms in total. The van der Waals surface area contributed by atoms with Crippen LogP contribution in [-0.4, -0.2) is 51.5 Å². The fourth-order valence-corrected chi connectivity index (χ4v) is 5.29. The van der Waals surface area contributed by atoms with Crippen molar-refractivity contribution in [2.45, 2.75) is 75.2 Å². The molecule has 2 aromatic heterocycles. The zero-order chi connectivity index (χ0) is 30.8. The average molecular weight is 608 g/mol. The number of aromatic nitrogens is 3. The number of carboxylic acid groups (broad SMARTS) is 1. The van der Waals surface area contributed by atoms with Gasteiger partial charge in [0.2, 0.25) is 5.88 Å². The van der Waals surface area contributed by atoms with Crippen LogP contribution in [0.25, 0.3) is 11.4 Å². The first-order valence-electron chi connectivity index (χ1n) is 13.9. The Kier molecular flexibility index (Phi) is 8.70. The molecule has 13 heteroatoms. The van der Waals surface area contributed by atoms with Crippen LogP contribution in [0.15, 0.2) is 48.9 Å². The van der Waals surface area contributed by atoms with Gasteiger partial charge in [-0.05, 0) is 74.1 Å². The van der Waals surface area contributed by atoms with Crippen molar-refractivity contribution in [2.24, 2.45) is 5.92 Å². The fourth-order valence-electron chi connectivity index (χ4n) is 5.29. The van der Waals surface area contributed by atoms with Crippen molar-refractivity contribution in [1.82, 2.24) is 15.0 Å². The molecule has 2 aliphatic carbocycles. The first-order valence-corrected chi connectivity index (χ1v) is 13.9. The van der Waals surface area contributed by atoms with Crippen molar-refractivity contribution in [1.29, 1.82) is 0 Å². The van der Waals surface area contributed by atoms with E-state index >= 15 is 0 Å². The van der Waals surface area contributed by atoms with Crippen LogP contribution >= 0.6 is 0 Å². The van der Waals surface area contributed by atoms with Gasteiger partial charge in [-0.2, -0.15) is 22.0 Å². The number of pyridine rings is 1. The van der Waals surface area contributed by atoms with E-state index in [0.717, 1.165) is 18.4 Å². The number of aliphatic carboxylic acids is 1. The SMILES string of the molecule is COc1ccc(-c2ncc(C(F)(F)C(F)(F)F)cn2)c(O[C@H]2CC[C@H](Oc3cc(C(CC(=O)O)C4CC4)ccn3)CC2)c1. The Hall–Kier alpha value is -4.03. The van der Waals surface area contributed by atoms with E-state index in [2.05, 4.69) is 15.0 Å². The van der Waals surface area contributed by atoms with Crippen LogP contribution in [0.5, 0.6) is 17.4 Å². The van der Waals surface area contributed by atoms with Crippen LogP contribution < -0.4 is 14.2 Å². The molecular formula is C30H30F5N3O5. The Labute approximate surface area is 244 Å². The maximum atomic E-state index is 13.7. The number of halogens is 5. The standard InChI is InChI=1S/C30H30F5N3O5/c1-41-22-8-9-23(28-37-15-19(16-38-28)29(31,32)30(33,34)35)25(13-22)42-20-4-6-21(7-5-20)43-26-12-18(10-11-36-26)24(14-27(39)40)17-2-3-17/h8-13,15-17,20-21,24H,2-7,14H2,1H3,(H,39,40)/t20-,21-,24?. The molecule has 0 bridgehead atoms. The van der Waals surface area contributed by atoms with E-state index in [1.165, 1.54) is 7.11 Å². The van der Waals surface area contributed by atoms with Crippen LogP contribution in [0.1, 0.15) is 62.0 Å². The third-order valence-corrected chi connectivity index (χ3v) is 7.78. The molecule has 1 unspecified atom stereocenters. The second-order valence-electron chi connectivity index (χ2n) is 10.8. The van der Waals surface area contributed by atoms with E-state index < -0.39 is 23.6 Å². The zero-order valence-corrected chi connectivity index (χ0v) is 23.2. The zero-order valence-electron chi connectivity index (χ0n) is 23.2. The first-order chi connectivity index (χ1) is 20.4. The van der Waals surface area contributed by atoms with E-state index in [0.29, 0.717) is 66.9 Å². The lowest BCUT2D eigenvalue weighted by molar-refractivity contribution is -0.289. The van der Waals surface area contributed by atoms with Crippen LogP contribution in [0.4, 0.5) is 22.0 Å². The number of ether oxygens (including phenoxy) is 3. The van der Waals surface area contributed by atoms with Gasteiger partial charge < -0.3 is 19.3 Å². The van der Waals surface area contributed by atoms with Gasteiger partial charge in [-0.15, -0.1) is 0 Å². The van der Waals surface area contributed by atoms with E-state index in [-0.39, 0.29) is 30.4 Å². The lowest BCUT2D eigenvalue weighted by Crippen LogP contribution is -2.33. The van der Waals surface area contributed by atoms with Crippen LogP contribution in [0.2, 0.25) is 0 Å². The third kappa shape index (κ3) is 7.14. The second-order valence-corrected chi connectivity index (χ2v) is 10.8. The number of benzene rings is 1. The number of carboxylic acids is 1. The predicted octanol–water partition coefficient (Wildman–Crippen LogP) is 6.94. The summed E-state index contributed by atoms with van der Waals surface area (Å²) in [6.07, 6.45) is 1.04. The summed E-state index contributed by atoms with van der Waals surface area (Å²) in [7, 11) is 1.46. The molecule has 2 heterocycles. The van der Waals surface area contributed by atoms with Gasteiger partial charge in [0.05, 0.1) is 30.8 Å². The van der Waals surface area contributed by atoms with Gasteiger partial charge in [-0.3, -0.25) is 4.79 Å². The lowest BCUT2D eigenvalue weighted by atomic mass is 9.91. The molecule has 2 aliphatic rings. The molecule has 2 saturated carbocycles. The quantitative estimate of drug-likeness (QED) is 0.234. The predicted molar refractivity (Wildman–Crippen MR) is 143 cm³/mol. The normalized spacial score (nSPS) is 19.9. The summed E-state index contributed by atoms with van der Waals surface area (Å²) >= 11 is 0. The van der Waals surface area contributed by atoms with Gasteiger partial charge in [0, 0.05) is 30.7 Å². The Balaban J connectivity index is 1.24. The smallest absolute Gasteiger partial charge is 0.458 e. The van der Waals surface area contributed by atoms with E-state index in [9.17, 15) is 31.9 Å². The highest BCUT2D eigenvalue weighted by Crippen LogP contribution is 2.45. The molecule has 5 rings (SSSR count). The minimum absolute atomic E-state index is 0.0645. The molecule has 3 aromatic rings. The van der Waals surface area contributed by atoms with Crippen LogP contribution in [-0.2, 0) is 10.7 Å². The Morgan fingerprint density at radius 1 is 0.930 bits per heavy atom. The number of alkyl halides is 5. The van der Waals surface area contributed by atoms with Gasteiger partial charge in [0.15, 0.2) is 5.82 Å². The monoisotopic (exact) mass is 607 g/mol. The van der Waals surface area contributed by atoms with Crippen LogP contribution in [0.3, 0.4) is 0 Å². The minimum Gasteiger partial charge on any atom is -0.497 e. The summed E-state index contributed by atoms with van der Waals surface area (Å²) < 4.78 is 83.3. The van der Waals surface area contributed by atoms with Crippen molar-refractivity contribution >= 4 is 5.97 Å². The van der Waals surface area contributed by atoms with E-state index in [1.807, 2.05) is 12.1 Å². The number of methoxy groups -OCH3 is 1. The van der Waals surface area contributed by atoms with Crippen LogP contribution in [0, 0.1) is 5.92 Å². The molecule has 43 heavy (non-hydrogen) atoms. The number of nitrogens with zero attached hydrogens (tertiary/aromatic N) is 3. The molecule has 2 fully saturated rings. The van der Waals surface area contributed by atoms with Crippen molar-refractivity contribution in [3.8, 4) is 28.8 Å². The molecule has 0 spiro atoms. The minimum atomic E-state index is -5.77. The van der Waals surface area contributed by atoms with Gasteiger partial charge >= 0.3 is 18.1 Å². The van der Waals surface area contributed by atoms with Gasteiger partial charge in [-0.1, -0.05) is 0 Å². The summed E-state index contributed by atoms with van der Waals surface area (Å²) in [6.45, 7) is 0. The highest BCUT2D eigenvalue weighted by molar-refractivity contribution is 5.68. The molecule has 230 valence electrons. The number of rotatable bonds is 11. The third-order valence-electron chi connectivity index (χ3n) is 7.78. The molecule has 0 aliphatic heterocycles. The number of carbonyl (C=O) groups is 1. The summed E-state index contributed by atoms with van der Waals surface area (Å²) in [6, 6.07) is 8.39. The average Bonchev–Trinajstić information content (AvgIpc) is 3.82. The maximum absolute atomic E-state index is 13.7. The molecular weight excluding hydrogens is 577 g/mol. The second kappa shape index (κ2) is 12.3. The molecule has 1 aromatic carbocycles. The molecule has 1 N–H and O–H groups in total. The first kappa shape index (κ1) is 30.4. The number of hydrogen-bond donors (Lipinski definition) is 1. The Bertz CT molecular complexity index is 1420. The van der Waals surface area contributed by atoms with Gasteiger partial charge in [0.1, 0.15) is 17.6 Å². The Morgan fingerprint density at radius 3 is 2.16 bits per heavy atom. The molecule has 1 atom stereocenters. The topological polar surface area (TPSA) is 104 Å². The molecule has 0 radical (unpaired) electrons. The molecule has 0 amide bonds. The highest BCUT2D eigenvalue weighted by Gasteiger charge is 2.59. The van der Waals surface area contributed by atoms with Crippen molar-refractivity contribution < 1.29 is 46.1 Å². The van der Waals surface area contributed by atoms with Gasteiger partial charge in [0.25, 0.3) is 0 Å². The highest BCUT2D eigenvalue weighted by atomic mass is 19.4. The summed E-state index contributed by atoms with van der Waals surface area (Å²) in [4.78, 5) is 23.2. The summed E-state index contributed by atoms with van der Waals surface area (Å²) in [5, 5.41) is 9.32. The number of hydrogen-bond acceptors (Lipinski definition) is 7. The largest absolute Gasteiger partial charge is 0.497 e. The summed E-state index contributed by atoms with van der Waals surface area (Å²) in [5.41, 5.74) is -0.133. The molecule has 0 saturated heterocycles. The van der Waals surface area contributed by atoms with E-state index in [1.54, 1.807) is 24.4 Å². The fraction of sp³-hybridized carbons (Fsp3) is 0.467. The van der Waals surface area contributed by atoms with Crippen molar-refractivity contribution in [3.05, 3.63) is 60.0 Å². The maximum Gasteiger partial charge on any atom is 0.458 e. The van der Waals surface area contributed by atoms with Gasteiger partial charge in [-0.25, -0.2) is 15.0 Å². The summed E-state index contributed by atoms with van der Waals surface area (Å²) in [5.74, 6) is -4.48. The van der Waals surface area contributed by atoms with Crippen molar-refractivity contribution in [2.75, 3.05) is 7.11 Å². The Morgan fingerprint density at radius 2 is 1.58 bits per heavy atom.